The number of nitrogens with one attached hydrogen (secondary N) is 2. The lowest BCUT2D eigenvalue weighted by Gasteiger charge is -2.27. The summed E-state index contributed by atoms with van der Waals surface area (Å²) < 4.78 is 27.3. The highest BCUT2D eigenvalue weighted by molar-refractivity contribution is 7.89. The first-order valence-corrected chi connectivity index (χ1v) is 7.93. The molecule has 1 atom stereocenters. The third-order valence-electron chi connectivity index (χ3n) is 3.50. The highest BCUT2D eigenvalue weighted by Crippen LogP contribution is 2.25. The predicted octanol–water partition coefficient (Wildman–Crippen LogP) is 2.69. The summed E-state index contributed by atoms with van der Waals surface area (Å²) in [5, 5.41) is 2.90. The van der Waals surface area contributed by atoms with E-state index in [1.165, 1.54) is 0 Å². The molecule has 0 saturated carbocycles. The summed E-state index contributed by atoms with van der Waals surface area (Å²) in [6.45, 7) is 8.80. The van der Waals surface area contributed by atoms with Crippen molar-refractivity contribution in [2.24, 2.45) is 11.3 Å². The Bertz CT molecular complexity index is 518. The molecular weight excluding hydrogens is 260 g/mol. The minimum absolute atomic E-state index is 0.0744. The highest BCUT2D eigenvalue weighted by Gasteiger charge is 2.23. The minimum Gasteiger partial charge on any atom is -0.387 e. The molecule has 1 unspecified atom stereocenters. The van der Waals surface area contributed by atoms with Crippen LogP contribution in [0.25, 0.3) is 0 Å². The molecule has 4 nitrogen and oxygen atoms in total. The maximum atomic E-state index is 12.3. The van der Waals surface area contributed by atoms with Gasteiger partial charge in [0.15, 0.2) is 0 Å². The van der Waals surface area contributed by atoms with Crippen LogP contribution < -0.4 is 10.0 Å². The van der Waals surface area contributed by atoms with Gasteiger partial charge in [-0.25, -0.2) is 13.1 Å². The second kappa shape index (κ2) is 5.92. The molecule has 0 heterocycles. The Labute approximate surface area is 116 Å². The number of sulfonamides is 1. The standard InChI is InChI=1S/C14H24N2O2S/c1-11(14(2,3)4)10-16-19(17,18)13-9-7-6-8-12(13)15-5/h6-9,11,15-16H,10H2,1-5H3. The van der Waals surface area contributed by atoms with E-state index in [0.717, 1.165) is 0 Å². The van der Waals surface area contributed by atoms with Crippen LogP contribution in [0.5, 0.6) is 0 Å². The number of rotatable bonds is 5. The zero-order valence-corrected chi connectivity index (χ0v) is 13.1. The normalized spacial score (nSPS) is 14.2. The van der Waals surface area contributed by atoms with E-state index in [9.17, 15) is 8.42 Å². The Kier molecular flexibility index (Phi) is 4.98. The third kappa shape index (κ3) is 4.21. The topological polar surface area (TPSA) is 58.2 Å². The second-order valence-corrected chi connectivity index (χ2v) is 7.60. The molecule has 0 saturated heterocycles. The van der Waals surface area contributed by atoms with E-state index < -0.39 is 10.0 Å². The van der Waals surface area contributed by atoms with Crippen LogP contribution >= 0.6 is 0 Å². The summed E-state index contributed by atoms with van der Waals surface area (Å²) in [5.74, 6) is 0.254. The summed E-state index contributed by atoms with van der Waals surface area (Å²) in [7, 11) is -1.76. The van der Waals surface area contributed by atoms with E-state index >= 15 is 0 Å². The van der Waals surface area contributed by atoms with E-state index in [-0.39, 0.29) is 11.3 Å². The van der Waals surface area contributed by atoms with Crippen molar-refractivity contribution < 1.29 is 8.42 Å². The van der Waals surface area contributed by atoms with E-state index in [4.69, 9.17) is 0 Å². The van der Waals surface area contributed by atoms with Gasteiger partial charge in [-0.3, -0.25) is 0 Å². The van der Waals surface area contributed by atoms with Crippen molar-refractivity contribution in [1.82, 2.24) is 4.72 Å². The largest absolute Gasteiger partial charge is 0.387 e. The van der Waals surface area contributed by atoms with Crippen LogP contribution in [0.3, 0.4) is 0 Å². The van der Waals surface area contributed by atoms with Gasteiger partial charge in [0.05, 0.1) is 5.69 Å². The molecule has 1 aromatic carbocycles. The summed E-state index contributed by atoms with van der Waals surface area (Å²) in [6, 6.07) is 6.89. The molecule has 0 radical (unpaired) electrons. The SMILES string of the molecule is CNc1ccccc1S(=O)(=O)NCC(C)C(C)(C)C. The molecule has 0 aliphatic carbocycles. The molecule has 19 heavy (non-hydrogen) atoms. The minimum atomic E-state index is -3.47. The first-order valence-electron chi connectivity index (χ1n) is 6.45. The van der Waals surface area contributed by atoms with Crippen LogP contribution in [-0.4, -0.2) is 22.0 Å². The quantitative estimate of drug-likeness (QED) is 0.874. The maximum Gasteiger partial charge on any atom is 0.242 e. The summed E-state index contributed by atoms with van der Waals surface area (Å²) >= 11 is 0. The Morgan fingerprint density at radius 1 is 1.21 bits per heavy atom. The van der Waals surface area contributed by atoms with Gasteiger partial charge in [-0.2, -0.15) is 0 Å². The van der Waals surface area contributed by atoms with Gasteiger partial charge < -0.3 is 5.32 Å². The fourth-order valence-corrected chi connectivity index (χ4v) is 2.87. The lowest BCUT2D eigenvalue weighted by molar-refractivity contribution is 0.263. The van der Waals surface area contributed by atoms with Crippen molar-refractivity contribution >= 4 is 15.7 Å². The molecule has 0 aliphatic heterocycles. The van der Waals surface area contributed by atoms with Crippen LogP contribution in [0.2, 0.25) is 0 Å². The van der Waals surface area contributed by atoms with Crippen LogP contribution in [0, 0.1) is 11.3 Å². The molecule has 0 aliphatic rings. The van der Waals surface area contributed by atoms with Crippen LogP contribution in [-0.2, 0) is 10.0 Å². The predicted molar refractivity (Wildman–Crippen MR) is 79.8 cm³/mol. The number of para-hydroxylation sites is 1. The Balaban J connectivity index is 2.88. The smallest absolute Gasteiger partial charge is 0.242 e. The van der Waals surface area contributed by atoms with Gasteiger partial charge >= 0.3 is 0 Å². The zero-order valence-electron chi connectivity index (χ0n) is 12.3. The van der Waals surface area contributed by atoms with Crippen molar-refractivity contribution in [3.63, 3.8) is 0 Å². The van der Waals surface area contributed by atoms with Gasteiger partial charge in [-0.15, -0.1) is 0 Å². The van der Waals surface area contributed by atoms with Crippen molar-refractivity contribution in [1.29, 1.82) is 0 Å². The average Bonchev–Trinajstić information content (AvgIpc) is 2.34. The monoisotopic (exact) mass is 284 g/mol. The molecule has 5 heteroatoms. The molecule has 0 aromatic heterocycles. The molecular formula is C14H24N2O2S. The lowest BCUT2D eigenvalue weighted by Crippen LogP contribution is -2.33. The molecule has 0 fully saturated rings. The van der Waals surface area contributed by atoms with E-state index in [1.807, 2.05) is 13.0 Å². The van der Waals surface area contributed by atoms with E-state index in [0.29, 0.717) is 17.1 Å². The van der Waals surface area contributed by atoms with Gasteiger partial charge in [0.2, 0.25) is 10.0 Å². The van der Waals surface area contributed by atoms with Crippen LogP contribution in [0.15, 0.2) is 29.2 Å². The van der Waals surface area contributed by atoms with Crippen molar-refractivity contribution in [3.05, 3.63) is 24.3 Å². The van der Waals surface area contributed by atoms with Gasteiger partial charge in [0, 0.05) is 13.6 Å². The summed E-state index contributed by atoms with van der Waals surface area (Å²) in [4.78, 5) is 0.290. The van der Waals surface area contributed by atoms with Crippen molar-refractivity contribution in [2.45, 2.75) is 32.6 Å². The second-order valence-electron chi connectivity index (χ2n) is 5.87. The van der Waals surface area contributed by atoms with Crippen molar-refractivity contribution in [3.8, 4) is 0 Å². The molecule has 0 bridgehead atoms. The molecule has 1 rings (SSSR count). The Hall–Kier alpha value is -1.07. The maximum absolute atomic E-state index is 12.3. The van der Waals surface area contributed by atoms with Gasteiger partial charge in [0.25, 0.3) is 0 Å². The summed E-state index contributed by atoms with van der Waals surface area (Å²) in [5.41, 5.74) is 0.684. The highest BCUT2D eigenvalue weighted by atomic mass is 32.2. The molecule has 108 valence electrons. The van der Waals surface area contributed by atoms with E-state index in [1.54, 1.807) is 25.2 Å². The summed E-state index contributed by atoms with van der Waals surface area (Å²) in [6.07, 6.45) is 0. The first kappa shape index (κ1) is 16.0. The number of anilines is 1. The van der Waals surface area contributed by atoms with Gasteiger partial charge in [-0.05, 0) is 23.5 Å². The Morgan fingerprint density at radius 3 is 2.32 bits per heavy atom. The van der Waals surface area contributed by atoms with Crippen molar-refractivity contribution in [2.75, 3.05) is 18.9 Å². The fraction of sp³-hybridized carbons (Fsp3) is 0.571. The van der Waals surface area contributed by atoms with Crippen LogP contribution in [0.1, 0.15) is 27.7 Å². The van der Waals surface area contributed by atoms with E-state index in [2.05, 4.69) is 30.8 Å². The Morgan fingerprint density at radius 2 is 1.79 bits per heavy atom. The van der Waals surface area contributed by atoms with Crippen LogP contribution in [0.4, 0.5) is 5.69 Å². The number of benzene rings is 1. The van der Waals surface area contributed by atoms with Gasteiger partial charge in [-0.1, -0.05) is 39.8 Å². The fourth-order valence-electron chi connectivity index (χ4n) is 1.53. The average molecular weight is 284 g/mol. The third-order valence-corrected chi connectivity index (χ3v) is 4.99. The number of hydrogen-bond donors (Lipinski definition) is 2. The molecule has 0 amide bonds. The van der Waals surface area contributed by atoms with Gasteiger partial charge in [0.1, 0.15) is 4.90 Å². The first-order chi connectivity index (χ1) is 8.68. The molecule has 2 N–H and O–H groups in total. The zero-order chi connectivity index (χ0) is 14.7. The lowest BCUT2D eigenvalue weighted by atomic mass is 9.82. The molecule has 1 aromatic rings. The molecule has 0 spiro atoms. The number of hydrogen-bond acceptors (Lipinski definition) is 3.